The highest BCUT2D eigenvalue weighted by Crippen LogP contribution is 2.30. The lowest BCUT2D eigenvalue weighted by Gasteiger charge is -2.10. The zero-order valence-corrected chi connectivity index (χ0v) is 12.4. The van der Waals surface area contributed by atoms with E-state index in [4.69, 9.17) is 23.2 Å². The summed E-state index contributed by atoms with van der Waals surface area (Å²) < 4.78 is 35.5. The summed E-state index contributed by atoms with van der Waals surface area (Å²) in [7, 11) is 0. The van der Waals surface area contributed by atoms with Crippen LogP contribution < -0.4 is 10.6 Å². The van der Waals surface area contributed by atoms with Crippen LogP contribution in [-0.4, -0.2) is 30.3 Å². The van der Waals surface area contributed by atoms with Gasteiger partial charge in [0.15, 0.2) is 0 Å². The first-order chi connectivity index (χ1) is 9.29. The molecule has 1 rings (SSSR count). The maximum Gasteiger partial charge on any atom is 0.441 e. The van der Waals surface area contributed by atoms with Crippen molar-refractivity contribution >= 4 is 46.6 Å². The van der Waals surface area contributed by atoms with E-state index < -0.39 is 11.4 Å². The molecule has 0 spiro atoms. The van der Waals surface area contributed by atoms with Gasteiger partial charge in [0.2, 0.25) is 5.91 Å². The lowest BCUT2D eigenvalue weighted by molar-refractivity contribution is -0.115. The van der Waals surface area contributed by atoms with E-state index in [9.17, 15) is 18.0 Å². The molecule has 0 saturated carbocycles. The van der Waals surface area contributed by atoms with Crippen molar-refractivity contribution in [3.05, 3.63) is 28.2 Å². The molecule has 112 valence electrons. The molecule has 0 saturated heterocycles. The van der Waals surface area contributed by atoms with Crippen LogP contribution in [0.15, 0.2) is 18.2 Å². The standard InChI is InChI=1S/C11H11Cl2F3N2OS/c12-7-2-1-3-8(13)10(7)18-9(19)6-17-4-5-20-11(14,15)16/h1-3,17H,4-6H2,(H,18,19). The number of alkyl halides is 3. The highest BCUT2D eigenvalue weighted by Gasteiger charge is 2.27. The second-order valence-corrected chi connectivity index (χ2v) is 5.59. The quantitative estimate of drug-likeness (QED) is 0.770. The number of nitrogens with one attached hydrogen (secondary N) is 2. The maximum atomic E-state index is 11.8. The minimum absolute atomic E-state index is 0.0633. The number of amides is 1. The van der Waals surface area contributed by atoms with Gasteiger partial charge in [-0.05, 0) is 23.9 Å². The van der Waals surface area contributed by atoms with Crippen LogP contribution >= 0.6 is 35.0 Å². The molecular formula is C11H11Cl2F3N2OS. The zero-order chi connectivity index (χ0) is 15.2. The molecule has 9 heteroatoms. The molecule has 3 nitrogen and oxygen atoms in total. The van der Waals surface area contributed by atoms with Gasteiger partial charge in [-0.2, -0.15) is 13.2 Å². The number of rotatable bonds is 6. The van der Waals surface area contributed by atoms with Crippen molar-refractivity contribution in [1.82, 2.24) is 5.32 Å². The van der Waals surface area contributed by atoms with Crippen molar-refractivity contribution in [3.8, 4) is 0 Å². The van der Waals surface area contributed by atoms with Gasteiger partial charge in [0.1, 0.15) is 0 Å². The Bertz CT molecular complexity index is 451. The Balaban J connectivity index is 2.31. The Morgan fingerprint density at radius 2 is 1.85 bits per heavy atom. The van der Waals surface area contributed by atoms with Crippen molar-refractivity contribution in [2.24, 2.45) is 0 Å². The Kier molecular flexibility index (Phi) is 6.94. The number of hydrogen-bond acceptors (Lipinski definition) is 3. The fourth-order valence-electron chi connectivity index (χ4n) is 1.24. The first-order valence-corrected chi connectivity index (χ1v) is 7.19. The van der Waals surface area contributed by atoms with Crippen molar-refractivity contribution in [1.29, 1.82) is 0 Å². The van der Waals surface area contributed by atoms with E-state index in [0.29, 0.717) is 10.0 Å². The predicted molar refractivity (Wildman–Crippen MR) is 76.5 cm³/mol. The highest BCUT2D eigenvalue weighted by atomic mass is 35.5. The average molecular weight is 347 g/mol. The van der Waals surface area contributed by atoms with Crippen LogP contribution in [0, 0.1) is 0 Å². The lowest BCUT2D eigenvalue weighted by Crippen LogP contribution is -2.30. The summed E-state index contributed by atoms with van der Waals surface area (Å²) in [4.78, 5) is 11.6. The number of carbonyl (C=O) groups excluding carboxylic acids is 1. The third-order valence-corrected chi connectivity index (χ3v) is 3.42. The molecule has 0 unspecified atom stereocenters. The van der Waals surface area contributed by atoms with Gasteiger partial charge < -0.3 is 10.6 Å². The Morgan fingerprint density at radius 3 is 2.40 bits per heavy atom. The summed E-state index contributed by atoms with van der Waals surface area (Å²) in [6.45, 7) is -0.0617. The molecule has 0 heterocycles. The number of hydrogen-bond donors (Lipinski definition) is 2. The molecule has 0 bridgehead atoms. The van der Waals surface area contributed by atoms with Gasteiger partial charge in [-0.1, -0.05) is 29.3 Å². The van der Waals surface area contributed by atoms with Crippen molar-refractivity contribution < 1.29 is 18.0 Å². The fraction of sp³-hybridized carbons (Fsp3) is 0.364. The van der Waals surface area contributed by atoms with Gasteiger partial charge in [-0.3, -0.25) is 4.79 Å². The number of benzene rings is 1. The number of thioether (sulfide) groups is 1. The SMILES string of the molecule is O=C(CNCCSC(F)(F)F)Nc1c(Cl)cccc1Cl. The summed E-state index contributed by atoms with van der Waals surface area (Å²) in [5.74, 6) is -0.596. The zero-order valence-electron chi connectivity index (χ0n) is 10.1. The van der Waals surface area contributed by atoms with E-state index in [-0.39, 0.29) is 36.3 Å². The third kappa shape index (κ3) is 6.69. The molecule has 0 atom stereocenters. The Labute approximate surface area is 128 Å². The molecule has 0 aromatic heterocycles. The van der Waals surface area contributed by atoms with Crippen LogP contribution in [-0.2, 0) is 4.79 Å². The van der Waals surface area contributed by atoms with E-state index >= 15 is 0 Å². The molecule has 0 aliphatic heterocycles. The monoisotopic (exact) mass is 346 g/mol. The number of carbonyl (C=O) groups is 1. The minimum Gasteiger partial charge on any atom is -0.322 e. The summed E-state index contributed by atoms with van der Waals surface area (Å²) in [5.41, 5.74) is -3.97. The molecule has 1 aromatic carbocycles. The first kappa shape index (κ1) is 17.4. The van der Waals surface area contributed by atoms with Crippen molar-refractivity contribution in [2.75, 3.05) is 24.2 Å². The largest absolute Gasteiger partial charge is 0.441 e. The van der Waals surface area contributed by atoms with Crippen LogP contribution in [0.4, 0.5) is 18.9 Å². The van der Waals surface area contributed by atoms with E-state index in [1.54, 1.807) is 18.2 Å². The van der Waals surface area contributed by atoms with Crippen LogP contribution in [0.5, 0.6) is 0 Å². The molecule has 2 N–H and O–H groups in total. The smallest absolute Gasteiger partial charge is 0.322 e. The maximum absolute atomic E-state index is 11.8. The molecular weight excluding hydrogens is 336 g/mol. The Hall–Kier alpha value is -0.630. The summed E-state index contributed by atoms with van der Waals surface area (Å²) in [5, 5.41) is 5.67. The molecule has 0 aliphatic rings. The Morgan fingerprint density at radius 1 is 1.25 bits per heavy atom. The number of anilines is 1. The van der Waals surface area contributed by atoms with Gasteiger partial charge in [0.05, 0.1) is 22.3 Å². The minimum atomic E-state index is -4.25. The summed E-state index contributed by atoms with van der Waals surface area (Å²) in [6, 6.07) is 4.76. The van der Waals surface area contributed by atoms with Crippen LogP contribution in [0.1, 0.15) is 0 Å². The summed E-state index contributed by atoms with van der Waals surface area (Å²) in [6.07, 6.45) is 0. The number of para-hydroxylation sites is 1. The van der Waals surface area contributed by atoms with E-state index in [0.717, 1.165) is 0 Å². The second-order valence-electron chi connectivity index (χ2n) is 3.62. The third-order valence-electron chi connectivity index (χ3n) is 2.06. The topological polar surface area (TPSA) is 41.1 Å². The predicted octanol–water partition coefficient (Wildman–Crippen LogP) is 3.77. The van der Waals surface area contributed by atoms with Gasteiger partial charge in [0.25, 0.3) is 0 Å². The fourth-order valence-corrected chi connectivity index (χ4v) is 2.21. The van der Waals surface area contributed by atoms with Crippen LogP contribution in [0.3, 0.4) is 0 Å². The molecule has 1 aromatic rings. The van der Waals surface area contributed by atoms with Crippen molar-refractivity contribution in [2.45, 2.75) is 5.51 Å². The van der Waals surface area contributed by atoms with Gasteiger partial charge in [-0.15, -0.1) is 0 Å². The molecule has 0 radical (unpaired) electrons. The van der Waals surface area contributed by atoms with Crippen LogP contribution in [0.25, 0.3) is 0 Å². The lowest BCUT2D eigenvalue weighted by atomic mass is 10.3. The normalized spacial score (nSPS) is 11.4. The van der Waals surface area contributed by atoms with Crippen molar-refractivity contribution in [3.63, 3.8) is 0 Å². The van der Waals surface area contributed by atoms with Gasteiger partial charge >= 0.3 is 5.51 Å². The molecule has 0 aliphatic carbocycles. The van der Waals surface area contributed by atoms with E-state index in [2.05, 4.69) is 10.6 Å². The van der Waals surface area contributed by atoms with Gasteiger partial charge in [-0.25, -0.2) is 0 Å². The molecule has 0 fully saturated rings. The van der Waals surface area contributed by atoms with E-state index in [1.165, 1.54) is 0 Å². The van der Waals surface area contributed by atoms with Crippen LogP contribution in [0.2, 0.25) is 10.0 Å². The second kappa shape index (κ2) is 7.97. The number of halogens is 5. The van der Waals surface area contributed by atoms with E-state index in [1.807, 2.05) is 0 Å². The first-order valence-electron chi connectivity index (χ1n) is 5.45. The molecule has 1 amide bonds. The highest BCUT2D eigenvalue weighted by molar-refractivity contribution is 8.00. The average Bonchev–Trinajstić information content (AvgIpc) is 2.32. The summed E-state index contributed by atoms with van der Waals surface area (Å²) >= 11 is 11.6. The van der Waals surface area contributed by atoms with Gasteiger partial charge in [0, 0.05) is 12.3 Å². The molecule has 20 heavy (non-hydrogen) atoms.